The maximum absolute atomic E-state index is 11.8. The third-order valence-corrected chi connectivity index (χ3v) is 3.16. The van der Waals surface area contributed by atoms with Crippen LogP contribution in [0.1, 0.15) is 54.4 Å². The largest absolute Gasteiger partial charge is 0.391 e. The predicted octanol–water partition coefficient (Wildman–Crippen LogP) is 2.64. The van der Waals surface area contributed by atoms with Crippen LogP contribution in [0.3, 0.4) is 0 Å². The van der Waals surface area contributed by atoms with Crippen molar-refractivity contribution < 1.29 is 9.90 Å². The van der Waals surface area contributed by atoms with Crippen molar-refractivity contribution in [2.75, 3.05) is 0 Å². The van der Waals surface area contributed by atoms with Gasteiger partial charge < -0.3 is 10.4 Å². The zero-order valence-electron chi connectivity index (χ0n) is 12.0. The van der Waals surface area contributed by atoms with Crippen molar-refractivity contribution in [1.29, 1.82) is 0 Å². The van der Waals surface area contributed by atoms with Crippen molar-refractivity contribution in [2.24, 2.45) is 5.92 Å². The summed E-state index contributed by atoms with van der Waals surface area (Å²) in [6, 6.07) is -0.146. The maximum Gasteiger partial charge on any atom is 0.224 e. The van der Waals surface area contributed by atoms with Crippen molar-refractivity contribution >= 4 is 5.91 Å². The van der Waals surface area contributed by atoms with Gasteiger partial charge in [0.25, 0.3) is 0 Å². The lowest BCUT2D eigenvalue weighted by Gasteiger charge is -2.25. The van der Waals surface area contributed by atoms with E-state index in [0.717, 1.165) is 12.0 Å². The third kappa shape index (κ3) is 5.87. The topological polar surface area (TPSA) is 49.3 Å². The van der Waals surface area contributed by atoms with Gasteiger partial charge in [0, 0.05) is 6.42 Å². The highest BCUT2D eigenvalue weighted by atomic mass is 16.3. The normalized spacial score (nSPS) is 14.4. The van der Waals surface area contributed by atoms with Gasteiger partial charge in [-0.3, -0.25) is 4.79 Å². The molecular formula is C14H27NO2. The number of allylic oxidation sites excluding steroid dienone is 1. The monoisotopic (exact) mass is 241 g/mol. The summed E-state index contributed by atoms with van der Waals surface area (Å²) < 4.78 is 0. The molecule has 100 valence electrons. The summed E-state index contributed by atoms with van der Waals surface area (Å²) in [5.41, 5.74) is 2.27. The van der Waals surface area contributed by atoms with Crippen molar-refractivity contribution in [1.82, 2.24) is 5.32 Å². The van der Waals surface area contributed by atoms with E-state index in [4.69, 9.17) is 0 Å². The Hall–Kier alpha value is -0.830. The van der Waals surface area contributed by atoms with Crippen LogP contribution < -0.4 is 5.32 Å². The molecule has 0 aromatic heterocycles. The predicted molar refractivity (Wildman–Crippen MR) is 71.7 cm³/mol. The van der Waals surface area contributed by atoms with Gasteiger partial charge in [-0.15, -0.1) is 0 Å². The lowest BCUT2D eigenvalue weighted by molar-refractivity contribution is -0.122. The smallest absolute Gasteiger partial charge is 0.224 e. The van der Waals surface area contributed by atoms with Crippen LogP contribution in [0, 0.1) is 5.92 Å². The van der Waals surface area contributed by atoms with Crippen LogP contribution in [0.4, 0.5) is 0 Å². The number of carbonyl (C=O) groups excluding carboxylic acids is 1. The second-order valence-electron chi connectivity index (χ2n) is 5.27. The van der Waals surface area contributed by atoms with E-state index < -0.39 is 6.10 Å². The Labute approximate surface area is 105 Å². The molecule has 0 radical (unpaired) electrons. The van der Waals surface area contributed by atoms with E-state index in [-0.39, 0.29) is 17.9 Å². The highest BCUT2D eigenvalue weighted by molar-refractivity contribution is 5.78. The average molecular weight is 241 g/mol. The zero-order valence-corrected chi connectivity index (χ0v) is 12.0. The van der Waals surface area contributed by atoms with Gasteiger partial charge in [-0.25, -0.2) is 0 Å². The SMILES string of the molecule is CCC(NC(=O)CC(C)=C(C)C)C(O)C(C)C. The Kier molecular flexibility index (Phi) is 7.12. The molecule has 0 saturated carbocycles. The maximum atomic E-state index is 11.8. The Morgan fingerprint density at radius 3 is 2.12 bits per heavy atom. The van der Waals surface area contributed by atoms with Gasteiger partial charge in [0.2, 0.25) is 5.91 Å². The minimum Gasteiger partial charge on any atom is -0.391 e. The molecule has 0 heterocycles. The standard InChI is InChI=1S/C14H27NO2/c1-7-12(14(17)10(4)5)15-13(16)8-11(6)9(2)3/h10,12,14,17H,7-8H2,1-6H3,(H,15,16). The van der Waals surface area contributed by atoms with E-state index in [1.165, 1.54) is 5.57 Å². The highest BCUT2D eigenvalue weighted by Gasteiger charge is 2.22. The molecule has 0 spiro atoms. The fourth-order valence-electron chi connectivity index (χ4n) is 1.57. The molecule has 0 aromatic rings. The first-order valence-corrected chi connectivity index (χ1v) is 6.39. The first kappa shape index (κ1) is 16.2. The fraction of sp³-hybridized carbons (Fsp3) is 0.786. The Bertz CT molecular complexity index is 278. The molecule has 0 bridgehead atoms. The van der Waals surface area contributed by atoms with Crippen LogP contribution in [0.25, 0.3) is 0 Å². The van der Waals surface area contributed by atoms with Crippen molar-refractivity contribution in [2.45, 2.75) is 66.5 Å². The van der Waals surface area contributed by atoms with Crippen LogP contribution in [-0.4, -0.2) is 23.2 Å². The molecule has 0 aromatic carbocycles. The van der Waals surface area contributed by atoms with Gasteiger partial charge in [-0.2, -0.15) is 0 Å². The molecule has 0 aliphatic carbocycles. The second-order valence-corrected chi connectivity index (χ2v) is 5.27. The van der Waals surface area contributed by atoms with Crippen molar-refractivity contribution in [3.8, 4) is 0 Å². The molecule has 0 saturated heterocycles. The zero-order chi connectivity index (χ0) is 13.6. The number of carbonyl (C=O) groups is 1. The van der Waals surface area contributed by atoms with E-state index >= 15 is 0 Å². The van der Waals surface area contributed by atoms with Gasteiger partial charge in [-0.05, 0) is 33.1 Å². The molecule has 0 aliphatic rings. The summed E-state index contributed by atoms with van der Waals surface area (Å²) in [7, 11) is 0. The Morgan fingerprint density at radius 1 is 1.24 bits per heavy atom. The van der Waals surface area contributed by atoms with E-state index in [0.29, 0.717) is 6.42 Å². The van der Waals surface area contributed by atoms with E-state index in [1.54, 1.807) is 0 Å². The number of hydrogen-bond acceptors (Lipinski definition) is 2. The molecule has 2 atom stereocenters. The summed E-state index contributed by atoms with van der Waals surface area (Å²) in [6.45, 7) is 11.9. The van der Waals surface area contributed by atoms with Crippen LogP contribution in [0.2, 0.25) is 0 Å². The molecule has 3 heteroatoms. The minimum atomic E-state index is -0.476. The van der Waals surface area contributed by atoms with E-state index in [9.17, 15) is 9.90 Å². The lowest BCUT2D eigenvalue weighted by atomic mass is 9.97. The van der Waals surface area contributed by atoms with E-state index in [2.05, 4.69) is 5.32 Å². The molecule has 17 heavy (non-hydrogen) atoms. The molecule has 3 nitrogen and oxygen atoms in total. The lowest BCUT2D eigenvalue weighted by Crippen LogP contribution is -2.45. The summed E-state index contributed by atoms with van der Waals surface area (Å²) in [4.78, 5) is 11.8. The summed E-state index contributed by atoms with van der Waals surface area (Å²) >= 11 is 0. The van der Waals surface area contributed by atoms with E-state index in [1.807, 2.05) is 41.5 Å². The van der Waals surface area contributed by atoms with Gasteiger partial charge in [-0.1, -0.05) is 31.9 Å². The van der Waals surface area contributed by atoms with Crippen LogP contribution >= 0.6 is 0 Å². The summed E-state index contributed by atoms with van der Waals surface area (Å²) in [5, 5.41) is 12.9. The first-order valence-electron chi connectivity index (χ1n) is 6.39. The van der Waals surface area contributed by atoms with Crippen molar-refractivity contribution in [3.05, 3.63) is 11.1 Å². The molecule has 0 rings (SSSR count). The fourth-order valence-corrected chi connectivity index (χ4v) is 1.57. The summed E-state index contributed by atoms with van der Waals surface area (Å²) in [6.07, 6.45) is 0.693. The number of aliphatic hydroxyl groups is 1. The first-order chi connectivity index (χ1) is 7.79. The van der Waals surface area contributed by atoms with Crippen LogP contribution in [-0.2, 0) is 4.79 Å². The molecule has 0 aliphatic heterocycles. The molecule has 2 unspecified atom stereocenters. The van der Waals surface area contributed by atoms with Crippen LogP contribution in [0.5, 0.6) is 0 Å². The molecule has 1 amide bonds. The Balaban J connectivity index is 4.40. The number of nitrogens with one attached hydrogen (secondary N) is 1. The highest BCUT2D eigenvalue weighted by Crippen LogP contribution is 2.11. The van der Waals surface area contributed by atoms with Gasteiger partial charge >= 0.3 is 0 Å². The number of aliphatic hydroxyl groups excluding tert-OH is 1. The quantitative estimate of drug-likeness (QED) is 0.702. The minimum absolute atomic E-state index is 0.00440. The van der Waals surface area contributed by atoms with Gasteiger partial charge in [0.15, 0.2) is 0 Å². The Morgan fingerprint density at radius 2 is 1.76 bits per heavy atom. The molecule has 0 fully saturated rings. The van der Waals surface area contributed by atoms with Gasteiger partial charge in [0.05, 0.1) is 12.1 Å². The number of rotatable bonds is 6. The van der Waals surface area contributed by atoms with Gasteiger partial charge in [0.1, 0.15) is 0 Å². The second kappa shape index (κ2) is 7.49. The molecular weight excluding hydrogens is 214 g/mol. The van der Waals surface area contributed by atoms with Crippen LogP contribution in [0.15, 0.2) is 11.1 Å². The third-order valence-electron chi connectivity index (χ3n) is 3.16. The number of amides is 1. The average Bonchev–Trinajstić information content (AvgIpc) is 2.24. The molecule has 2 N–H and O–H groups in total. The van der Waals surface area contributed by atoms with Crippen molar-refractivity contribution in [3.63, 3.8) is 0 Å². The number of hydrogen-bond donors (Lipinski definition) is 2. The summed E-state index contributed by atoms with van der Waals surface area (Å²) in [5.74, 6) is 0.153.